The third-order valence-electron chi connectivity index (χ3n) is 3.46. The fourth-order valence-electron chi connectivity index (χ4n) is 2.52. The van der Waals surface area contributed by atoms with E-state index in [1.807, 2.05) is 6.07 Å². The number of nitro groups is 1. The fraction of sp³-hybridized carbons (Fsp3) is 0.538. The van der Waals surface area contributed by atoms with Crippen LogP contribution < -0.4 is 5.32 Å². The van der Waals surface area contributed by atoms with Crippen molar-refractivity contribution in [2.24, 2.45) is 0 Å². The minimum absolute atomic E-state index is 0.0481. The Morgan fingerprint density at radius 1 is 1.42 bits per heavy atom. The average molecular weight is 265 g/mol. The molecule has 0 spiro atoms. The topological polar surface area (TPSA) is 78.6 Å². The molecule has 0 bridgehead atoms. The molecule has 1 aromatic rings. The first-order chi connectivity index (χ1) is 9.22. The molecular weight excluding hydrogens is 246 g/mol. The van der Waals surface area contributed by atoms with Gasteiger partial charge in [-0.3, -0.25) is 15.0 Å². The maximum atomic E-state index is 10.8. The van der Waals surface area contributed by atoms with Gasteiger partial charge in [-0.2, -0.15) is 0 Å². The van der Waals surface area contributed by atoms with Gasteiger partial charge in [0.1, 0.15) is 0 Å². The minimum Gasteiger partial charge on any atom is -0.396 e. The van der Waals surface area contributed by atoms with E-state index in [1.54, 1.807) is 12.1 Å². The molecule has 6 heteroatoms. The molecule has 1 aromatic carbocycles. The Labute approximate surface area is 112 Å². The molecule has 19 heavy (non-hydrogen) atoms. The van der Waals surface area contributed by atoms with Gasteiger partial charge < -0.3 is 10.4 Å². The summed E-state index contributed by atoms with van der Waals surface area (Å²) in [5.41, 5.74) is 1.01. The lowest BCUT2D eigenvalue weighted by atomic mass is 10.0. The van der Waals surface area contributed by atoms with Gasteiger partial charge in [0.15, 0.2) is 0 Å². The SMILES string of the molecule is O=[N+]([O-])c1cccc([C@@H](CCO)N2CCNCC2)c1. The lowest BCUT2D eigenvalue weighted by Gasteiger charge is -2.35. The molecule has 1 fully saturated rings. The van der Waals surface area contributed by atoms with Gasteiger partial charge >= 0.3 is 0 Å². The number of nitro benzene ring substituents is 1. The average Bonchev–Trinajstić information content (AvgIpc) is 2.46. The van der Waals surface area contributed by atoms with Gasteiger partial charge in [0.2, 0.25) is 0 Å². The number of nitrogens with one attached hydrogen (secondary N) is 1. The van der Waals surface area contributed by atoms with Crippen LogP contribution >= 0.6 is 0 Å². The molecule has 0 amide bonds. The zero-order valence-electron chi connectivity index (χ0n) is 10.8. The van der Waals surface area contributed by atoms with Crippen LogP contribution in [0.5, 0.6) is 0 Å². The van der Waals surface area contributed by atoms with Crippen molar-refractivity contribution in [2.45, 2.75) is 12.5 Å². The lowest BCUT2D eigenvalue weighted by Crippen LogP contribution is -2.45. The van der Waals surface area contributed by atoms with Gasteiger partial charge in [0, 0.05) is 51.0 Å². The highest BCUT2D eigenvalue weighted by atomic mass is 16.6. The zero-order valence-corrected chi connectivity index (χ0v) is 10.8. The number of benzene rings is 1. The molecule has 0 radical (unpaired) electrons. The zero-order chi connectivity index (χ0) is 13.7. The molecule has 0 unspecified atom stereocenters. The minimum atomic E-state index is -0.378. The first-order valence-corrected chi connectivity index (χ1v) is 6.52. The van der Waals surface area contributed by atoms with Crippen molar-refractivity contribution in [2.75, 3.05) is 32.8 Å². The van der Waals surface area contributed by atoms with Crippen LogP contribution in [0, 0.1) is 10.1 Å². The van der Waals surface area contributed by atoms with E-state index in [0.29, 0.717) is 6.42 Å². The molecule has 0 saturated carbocycles. The fourth-order valence-corrected chi connectivity index (χ4v) is 2.52. The molecule has 1 heterocycles. The van der Waals surface area contributed by atoms with Crippen LogP contribution in [0.2, 0.25) is 0 Å². The smallest absolute Gasteiger partial charge is 0.269 e. The summed E-state index contributed by atoms with van der Waals surface area (Å²) in [5, 5.41) is 23.4. The molecule has 0 aliphatic carbocycles. The number of hydrogen-bond donors (Lipinski definition) is 2. The van der Waals surface area contributed by atoms with Gasteiger partial charge in [-0.15, -0.1) is 0 Å². The Bertz CT molecular complexity index is 433. The molecular formula is C13H19N3O3. The molecule has 104 valence electrons. The Morgan fingerprint density at radius 2 is 2.16 bits per heavy atom. The number of aliphatic hydroxyl groups is 1. The summed E-state index contributed by atoms with van der Waals surface area (Å²) in [6, 6.07) is 6.77. The third kappa shape index (κ3) is 3.50. The molecule has 1 aliphatic heterocycles. The first kappa shape index (κ1) is 13.9. The highest BCUT2D eigenvalue weighted by molar-refractivity contribution is 5.35. The van der Waals surface area contributed by atoms with Crippen LogP contribution in [-0.4, -0.2) is 47.7 Å². The van der Waals surface area contributed by atoms with Gasteiger partial charge in [-0.05, 0) is 12.0 Å². The second kappa shape index (κ2) is 6.60. The Balaban J connectivity index is 2.22. The normalized spacial score (nSPS) is 18.2. The molecule has 2 N–H and O–H groups in total. The number of nitrogens with zero attached hydrogens (tertiary/aromatic N) is 2. The van der Waals surface area contributed by atoms with Crippen LogP contribution in [0.3, 0.4) is 0 Å². The summed E-state index contributed by atoms with van der Waals surface area (Å²) in [6.07, 6.45) is 0.598. The van der Waals surface area contributed by atoms with Crippen LogP contribution in [0.25, 0.3) is 0 Å². The van der Waals surface area contributed by atoms with Crippen LogP contribution in [0.15, 0.2) is 24.3 Å². The van der Waals surface area contributed by atoms with E-state index in [9.17, 15) is 15.2 Å². The summed E-state index contributed by atoms with van der Waals surface area (Å²) >= 11 is 0. The van der Waals surface area contributed by atoms with E-state index in [0.717, 1.165) is 31.7 Å². The largest absolute Gasteiger partial charge is 0.396 e. The number of piperazine rings is 1. The Kier molecular flexibility index (Phi) is 4.84. The predicted octanol–water partition coefficient (Wildman–Crippen LogP) is 0.923. The van der Waals surface area contributed by atoms with Crippen molar-refractivity contribution >= 4 is 5.69 Å². The van der Waals surface area contributed by atoms with E-state index < -0.39 is 0 Å². The van der Waals surface area contributed by atoms with Gasteiger partial charge in [-0.25, -0.2) is 0 Å². The van der Waals surface area contributed by atoms with Gasteiger partial charge in [-0.1, -0.05) is 12.1 Å². The van der Waals surface area contributed by atoms with Crippen molar-refractivity contribution in [3.8, 4) is 0 Å². The van der Waals surface area contributed by atoms with Gasteiger partial charge in [0.05, 0.1) is 4.92 Å². The molecule has 1 saturated heterocycles. The van der Waals surface area contributed by atoms with Crippen LogP contribution in [-0.2, 0) is 0 Å². The molecule has 1 atom stereocenters. The third-order valence-corrected chi connectivity index (χ3v) is 3.46. The predicted molar refractivity (Wildman–Crippen MR) is 72.0 cm³/mol. The number of aliphatic hydroxyl groups excluding tert-OH is 1. The van der Waals surface area contributed by atoms with Crippen molar-refractivity contribution in [1.29, 1.82) is 0 Å². The van der Waals surface area contributed by atoms with Crippen molar-refractivity contribution in [1.82, 2.24) is 10.2 Å². The molecule has 6 nitrogen and oxygen atoms in total. The number of non-ortho nitro benzene ring substituents is 1. The summed E-state index contributed by atoms with van der Waals surface area (Å²) in [4.78, 5) is 12.7. The number of rotatable bonds is 5. The standard InChI is InChI=1S/C13H19N3O3/c17-9-4-13(15-7-5-14-6-8-15)11-2-1-3-12(10-11)16(18)19/h1-3,10,13-14,17H,4-9H2/t13-/m1/s1. The Hall–Kier alpha value is -1.50. The van der Waals surface area contributed by atoms with Crippen molar-refractivity contribution in [3.05, 3.63) is 39.9 Å². The van der Waals surface area contributed by atoms with Crippen molar-refractivity contribution < 1.29 is 10.0 Å². The second-order valence-electron chi connectivity index (χ2n) is 4.67. The molecule has 2 rings (SSSR count). The van der Waals surface area contributed by atoms with Gasteiger partial charge in [0.25, 0.3) is 5.69 Å². The maximum absolute atomic E-state index is 10.8. The second-order valence-corrected chi connectivity index (χ2v) is 4.67. The van der Waals surface area contributed by atoms with E-state index in [1.165, 1.54) is 6.07 Å². The van der Waals surface area contributed by atoms with E-state index >= 15 is 0 Å². The van der Waals surface area contributed by atoms with Crippen molar-refractivity contribution in [3.63, 3.8) is 0 Å². The quantitative estimate of drug-likeness (QED) is 0.611. The highest BCUT2D eigenvalue weighted by Gasteiger charge is 2.22. The highest BCUT2D eigenvalue weighted by Crippen LogP contribution is 2.27. The maximum Gasteiger partial charge on any atom is 0.269 e. The molecule has 0 aromatic heterocycles. The summed E-state index contributed by atoms with van der Waals surface area (Å²) in [6.45, 7) is 3.70. The lowest BCUT2D eigenvalue weighted by molar-refractivity contribution is -0.385. The van der Waals surface area contributed by atoms with E-state index in [4.69, 9.17) is 0 Å². The first-order valence-electron chi connectivity index (χ1n) is 6.52. The molecule has 1 aliphatic rings. The monoisotopic (exact) mass is 265 g/mol. The number of hydrogen-bond acceptors (Lipinski definition) is 5. The van der Waals surface area contributed by atoms with Crippen LogP contribution in [0.1, 0.15) is 18.0 Å². The van der Waals surface area contributed by atoms with E-state index in [2.05, 4.69) is 10.2 Å². The Morgan fingerprint density at radius 3 is 2.79 bits per heavy atom. The van der Waals surface area contributed by atoms with E-state index in [-0.39, 0.29) is 23.3 Å². The summed E-state index contributed by atoms with van der Waals surface area (Å²) < 4.78 is 0. The summed E-state index contributed by atoms with van der Waals surface area (Å²) in [7, 11) is 0. The summed E-state index contributed by atoms with van der Waals surface area (Å²) in [5.74, 6) is 0. The van der Waals surface area contributed by atoms with Crippen LogP contribution in [0.4, 0.5) is 5.69 Å².